The summed E-state index contributed by atoms with van der Waals surface area (Å²) in [5, 5.41) is 2.42. The Balaban J connectivity index is 2.11. The molecule has 3 nitrogen and oxygen atoms in total. The van der Waals surface area contributed by atoms with Crippen LogP contribution in [0.25, 0.3) is 0 Å². The monoisotopic (exact) mass is 287 g/mol. The molecule has 0 aliphatic rings. The molecule has 0 saturated carbocycles. The molecule has 0 saturated heterocycles. The Bertz CT molecular complexity index is 576. The first-order valence-electron chi connectivity index (χ1n) is 4.85. The van der Waals surface area contributed by atoms with Crippen molar-refractivity contribution in [1.29, 1.82) is 0 Å². The molecule has 1 aromatic carbocycles. The van der Waals surface area contributed by atoms with Gasteiger partial charge in [-0.3, -0.25) is 0 Å². The van der Waals surface area contributed by atoms with Gasteiger partial charge in [0.05, 0.1) is 4.90 Å². The Morgan fingerprint density at radius 1 is 1.18 bits per heavy atom. The van der Waals surface area contributed by atoms with Gasteiger partial charge in [-0.05, 0) is 35.7 Å². The van der Waals surface area contributed by atoms with Crippen LogP contribution in [0.5, 0.6) is 0 Å². The standard InChI is InChI=1S/C11H10ClNO2S2/c12-9-3-5-11(6-4-9)17(14,15)13-8-10-2-1-7-16-10/h1-7,13H,8H2. The Kier molecular flexibility index (Phi) is 3.83. The van der Waals surface area contributed by atoms with Crippen molar-refractivity contribution in [2.45, 2.75) is 11.4 Å². The van der Waals surface area contributed by atoms with Crippen molar-refractivity contribution in [3.05, 3.63) is 51.7 Å². The fraction of sp³-hybridized carbons (Fsp3) is 0.0909. The van der Waals surface area contributed by atoms with E-state index in [9.17, 15) is 8.42 Å². The molecule has 90 valence electrons. The molecule has 1 heterocycles. The summed E-state index contributed by atoms with van der Waals surface area (Å²) < 4.78 is 26.3. The number of hydrogen-bond donors (Lipinski definition) is 1. The van der Waals surface area contributed by atoms with Gasteiger partial charge in [0.15, 0.2) is 0 Å². The van der Waals surface area contributed by atoms with Crippen LogP contribution >= 0.6 is 22.9 Å². The van der Waals surface area contributed by atoms with Crippen molar-refractivity contribution in [1.82, 2.24) is 4.72 Å². The highest BCUT2D eigenvalue weighted by Crippen LogP contribution is 2.15. The molecule has 1 N–H and O–H groups in total. The number of benzene rings is 1. The summed E-state index contributed by atoms with van der Waals surface area (Å²) in [7, 11) is -3.46. The van der Waals surface area contributed by atoms with Crippen molar-refractivity contribution in [3.63, 3.8) is 0 Å². The third kappa shape index (κ3) is 3.29. The largest absolute Gasteiger partial charge is 0.240 e. The molecule has 0 aliphatic carbocycles. The second-order valence-electron chi connectivity index (χ2n) is 3.36. The molecule has 0 radical (unpaired) electrons. The molecule has 0 atom stereocenters. The zero-order valence-corrected chi connectivity index (χ0v) is 11.1. The van der Waals surface area contributed by atoms with Gasteiger partial charge in [0.1, 0.15) is 0 Å². The van der Waals surface area contributed by atoms with Gasteiger partial charge in [-0.15, -0.1) is 11.3 Å². The van der Waals surface area contributed by atoms with Crippen molar-refractivity contribution >= 4 is 33.0 Å². The maximum atomic E-state index is 11.9. The summed E-state index contributed by atoms with van der Waals surface area (Å²) in [5.41, 5.74) is 0. The first-order chi connectivity index (χ1) is 8.08. The first-order valence-corrected chi connectivity index (χ1v) is 7.59. The molecule has 0 bridgehead atoms. The minimum atomic E-state index is -3.46. The summed E-state index contributed by atoms with van der Waals surface area (Å²) in [6.45, 7) is 0.308. The number of nitrogens with one attached hydrogen (secondary N) is 1. The molecule has 6 heteroatoms. The molecule has 0 fully saturated rings. The topological polar surface area (TPSA) is 46.2 Å². The molecular weight excluding hydrogens is 278 g/mol. The van der Waals surface area contributed by atoms with E-state index >= 15 is 0 Å². The Morgan fingerprint density at radius 3 is 2.47 bits per heavy atom. The van der Waals surface area contributed by atoms with E-state index in [0.29, 0.717) is 11.6 Å². The van der Waals surface area contributed by atoms with E-state index < -0.39 is 10.0 Å². The average Bonchev–Trinajstić information content (AvgIpc) is 2.80. The fourth-order valence-corrected chi connectivity index (χ4v) is 3.14. The summed E-state index contributed by atoms with van der Waals surface area (Å²) >= 11 is 7.22. The third-order valence-electron chi connectivity index (χ3n) is 2.14. The number of halogens is 1. The summed E-state index contributed by atoms with van der Waals surface area (Å²) in [4.78, 5) is 1.20. The summed E-state index contributed by atoms with van der Waals surface area (Å²) in [5.74, 6) is 0. The minimum Gasteiger partial charge on any atom is -0.207 e. The first kappa shape index (κ1) is 12.6. The number of thiophene rings is 1. The number of hydrogen-bond acceptors (Lipinski definition) is 3. The molecule has 1 aromatic heterocycles. The maximum absolute atomic E-state index is 11.9. The molecule has 0 amide bonds. The molecule has 0 unspecified atom stereocenters. The molecule has 0 aliphatic heterocycles. The lowest BCUT2D eigenvalue weighted by Gasteiger charge is -2.05. The van der Waals surface area contributed by atoms with Gasteiger partial charge in [-0.1, -0.05) is 17.7 Å². The SMILES string of the molecule is O=S(=O)(NCc1cccs1)c1ccc(Cl)cc1. The summed E-state index contributed by atoms with van der Waals surface area (Å²) in [6, 6.07) is 9.85. The van der Waals surface area contributed by atoms with E-state index in [0.717, 1.165) is 4.88 Å². The van der Waals surface area contributed by atoms with Crippen molar-refractivity contribution < 1.29 is 8.42 Å². The van der Waals surface area contributed by atoms with Crippen LogP contribution in [0.3, 0.4) is 0 Å². The molecular formula is C11H10ClNO2S2. The van der Waals surface area contributed by atoms with Gasteiger partial charge < -0.3 is 0 Å². The smallest absolute Gasteiger partial charge is 0.207 e. The van der Waals surface area contributed by atoms with E-state index in [1.165, 1.54) is 23.5 Å². The highest BCUT2D eigenvalue weighted by Gasteiger charge is 2.13. The van der Waals surface area contributed by atoms with Crippen LogP contribution in [0.2, 0.25) is 5.02 Å². The summed E-state index contributed by atoms with van der Waals surface area (Å²) in [6.07, 6.45) is 0. The van der Waals surface area contributed by atoms with Crippen LogP contribution in [0.15, 0.2) is 46.7 Å². The van der Waals surface area contributed by atoms with Crippen molar-refractivity contribution in [2.24, 2.45) is 0 Å². The molecule has 17 heavy (non-hydrogen) atoms. The van der Waals surface area contributed by atoms with Crippen LogP contribution in [0.4, 0.5) is 0 Å². The van der Waals surface area contributed by atoms with E-state index in [-0.39, 0.29) is 4.90 Å². The minimum absolute atomic E-state index is 0.221. The third-order valence-corrected chi connectivity index (χ3v) is 4.69. The van der Waals surface area contributed by atoms with Crippen molar-refractivity contribution in [2.75, 3.05) is 0 Å². The number of sulfonamides is 1. The van der Waals surface area contributed by atoms with E-state index in [1.807, 2.05) is 17.5 Å². The normalized spacial score (nSPS) is 11.6. The van der Waals surface area contributed by atoms with Gasteiger partial charge in [0.2, 0.25) is 10.0 Å². The van der Waals surface area contributed by atoms with Crippen LogP contribution in [0, 0.1) is 0 Å². The lowest BCUT2D eigenvalue weighted by molar-refractivity contribution is 0.582. The quantitative estimate of drug-likeness (QED) is 0.940. The molecule has 2 rings (SSSR count). The predicted molar refractivity (Wildman–Crippen MR) is 69.8 cm³/mol. The zero-order chi connectivity index (χ0) is 12.3. The highest BCUT2D eigenvalue weighted by atomic mass is 35.5. The van der Waals surface area contributed by atoms with Gasteiger partial charge in [0.25, 0.3) is 0 Å². The Morgan fingerprint density at radius 2 is 1.88 bits per heavy atom. The maximum Gasteiger partial charge on any atom is 0.240 e. The van der Waals surface area contributed by atoms with E-state index in [4.69, 9.17) is 11.6 Å². The average molecular weight is 288 g/mol. The Hall–Kier alpha value is -0.880. The lowest BCUT2D eigenvalue weighted by Crippen LogP contribution is -2.22. The molecule has 0 spiro atoms. The van der Waals surface area contributed by atoms with Crippen molar-refractivity contribution in [3.8, 4) is 0 Å². The highest BCUT2D eigenvalue weighted by molar-refractivity contribution is 7.89. The molecule has 2 aromatic rings. The van der Waals surface area contributed by atoms with Gasteiger partial charge in [-0.2, -0.15) is 0 Å². The van der Waals surface area contributed by atoms with Crippen LogP contribution in [-0.4, -0.2) is 8.42 Å². The van der Waals surface area contributed by atoms with Gasteiger partial charge >= 0.3 is 0 Å². The second-order valence-corrected chi connectivity index (χ2v) is 6.59. The predicted octanol–water partition coefficient (Wildman–Crippen LogP) is 2.88. The zero-order valence-electron chi connectivity index (χ0n) is 8.76. The Labute approximate surface area is 109 Å². The van der Waals surface area contributed by atoms with E-state index in [2.05, 4.69) is 4.72 Å². The number of rotatable bonds is 4. The lowest BCUT2D eigenvalue weighted by atomic mass is 10.4. The van der Waals surface area contributed by atoms with Gasteiger partial charge in [0, 0.05) is 16.4 Å². The van der Waals surface area contributed by atoms with E-state index in [1.54, 1.807) is 12.1 Å². The fourth-order valence-electron chi connectivity index (χ4n) is 1.28. The van der Waals surface area contributed by atoms with Gasteiger partial charge in [-0.25, -0.2) is 13.1 Å². The second kappa shape index (κ2) is 5.18. The van der Waals surface area contributed by atoms with Crippen LogP contribution in [-0.2, 0) is 16.6 Å². The van der Waals surface area contributed by atoms with Crippen LogP contribution in [0.1, 0.15) is 4.88 Å². The van der Waals surface area contributed by atoms with Crippen LogP contribution < -0.4 is 4.72 Å².